The van der Waals surface area contributed by atoms with Crippen molar-refractivity contribution >= 4 is 11.9 Å². The molecule has 1 aromatic carbocycles. The number of alkyl halides is 2. The SMILES string of the molecule is CCOC(=O)C1=C(C)NC(C)=C(C(=O)OCC)C1c1ccccc1C(F)F. The summed E-state index contributed by atoms with van der Waals surface area (Å²) in [6.45, 7) is 6.84. The van der Waals surface area contributed by atoms with Gasteiger partial charge in [-0.2, -0.15) is 0 Å². The lowest BCUT2D eigenvalue weighted by Crippen LogP contribution is -2.33. The molecular weight excluding hydrogens is 356 g/mol. The highest BCUT2D eigenvalue weighted by Gasteiger charge is 2.39. The van der Waals surface area contributed by atoms with Gasteiger partial charge in [-0.15, -0.1) is 0 Å². The summed E-state index contributed by atoms with van der Waals surface area (Å²) in [5, 5.41) is 2.98. The molecule has 0 aromatic heterocycles. The number of nitrogens with one attached hydrogen (secondary N) is 1. The average Bonchev–Trinajstić information content (AvgIpc) is 2.61. The molecule has 0 bridgehead atoms. The molecule has 5 nitrogen and oxygen atoms in total. The van der Waals surface area contributed by atoms with E-state index in [1.165, 1.54) is 18.2 Å². The number of hydrogen-bond donors (Lipinski definition) is 1. The minimum atomic E-state index is -2.76. The highest BCUT2D eigenvalue weighted by Crippen LogP contribution is 2.42. The van der Waals surface area contributed by atoms with Gasteiger partial charge in [0.25, 0.3) is 6.43 Å². The van der Waals surface area contributed by atoms with Crippen molar-refractivity contribution in [1.29, 1.82) is 0 Å². The maximum absolute atomic E-state index is 13.6. The van der Waals surface area contributed by atoms with Gasteiger partial charge in [0.1, 0.15) is 0 Å². The van der Waals surface area contributed by atoms with Crippen LogP contribution in [0.2, 0.25) is 0 Å². The quantitative estimate of drug-likeness (QED) is 0.758. The van der Waals surface area contributed by atoms with Crippen LogP contribution in [-0.2, 0) is 19.1 Å². The Balaban J connectivity index is 2.73. The number of carbonyl (C=O) groups is 2. The number of halogens is 2. The molecule has 0 amide bonds. The summed E-state index contributed by atoms with van der Waals surface area (Å²) in [4.78, 5) is 25.2. The summed E-state index contributed by atoms with van der Waals surface area (Å²) in [5.41, 5.74) is 1.09. The van der Waals surface area contributed by atoms with Crippen LogP contribution in [0.25, 0.3) is 0 Å². The average molecular weight is 379 g/mol. The Morgan fingerprint density at radius 1 is 1.00 bits per heavy atom. The second kappa shape index (κ2) is 8.79. The lowest BCUT2D eigenvalue weighted by atomic mass is 9.78. The summed E-state index contributed by atoms with van der Waals surface area (Å²) in [5.74, 6) is -2.33. The fraction of sp³-hybridized carbons (Fsp3) is 0.400. The van der Waals surface area contributed by atoms with E-state index in [1.807, 2.05) is 0 Å². The molecule has 1 aromatic rings. The zero-order valence-electron chi connectivity index (χ0n) is 15.8. The topological polar surface area (TPSA) is 64.6 Å². The molecule has 0 radical (unpaired) electrons. The summed E-state index contributed by atoms with van der Waals surface area (Å²) < 4.78 is 37.6. The third kappa shape index (κ3) is 4.18. The minimum absolute atomic E-state index is 0.121. The third-order valence-electron chi connectivity index (χ3n) is 4.29. The van der Waals surface area contributed by atoms with Crippen molar-refractivity contribution in [3.05, 3.63) is 57.9 Å². The number of hydrogen-bond acceptors (Lipinski definition) is 5. The van der Waals surface area contributed by atoms with Crippen LogP contribution in [0.4, 0.5) is 8.78 Å². The Hall–Kier alpha value is -2.70. The van der Waals surface area contributed by atoms with Gasteiger partial charge in [0.15, 0.2) is 0 Å². The normalized spacial score (nSPS) is 15.1. The van der Waals surface area contributed by atoms with Crippen LogP contribution in [0, 0.1) is 0 Å². The molecule has 0 spiro atoms. The molecular formula is C20H23F2NO4. The highest BCUT2D eigenvalue weighted by atomic mass is 19.3. The fourth-order valence-electron chi connectivity index (χ4n) is 3.24. The van der Waals surface area contributed by atoms with Gasteiger partial charge in [0, 0.05) is 17.0 Å². The lowest BCUT2D eigenvalue weighted by Gasteiger charge is -2.31. The minimum Gasteiger partial charge on any atom is -0.463 e. The van der Waals surface area contributed by atoms with E-state index in [0.29, 0.717) is 11.4 Å². The van der Waals surface area contributed by atoms with Crippen LogP contribution < -0.4 is 5.32 Å². The molecule has 0 unspecified atom stereocenters. The second-order valence-electron chi connectivity index (χ2n) is 6.01. The number of rotatable bonds is 6. The lowest BCUT2D eigenvalue weighted by molar-refractivity contribution is -0.139. The standard InChI is InChI=1S/C20H23F2NO4/c1-5-26-19(24)15-11(3)23-12(4)16(20(25)27-6-2)17(15)13-9-7-8-10-14(13)18(21)22/h7-10,17-18,23H,5-6H2,1-4H3. The first kappa shape index (κ1) is 20.6. The van der Waals surface area contributed by atoms with Crippen LogP contribution in [0.3, 0.4) is 0 Å². The van der Waals surface area contributed by atoms with Gasteiger partial charge in [-0.3, -0.25) is 0 Å². The maximum atomic E-state index is 13.6. The first-order chi connectivity index (χ1) is 12.8. The molecule has 0 aliphatic carbocycles. The number of ether oxygens (including phenoxy) is 2. The summed E-state index contributed by atoms with van der Waals surface area (Å²) in [7, 11) is 0. The van der Waals surface area contributed by atoms with E-state index in [9.17, 15) is 18.4 Å². The molecule has 0 saturated heterocycles. The molecule has 27 heavy (non-hydrogen) atoms. The summed E-state index contributed by atoms with van der Waals surface area (Å²) in [6.07, 6.45) is -2.76. The number of benzene rings is 1. The second-order valence-corrected chi connectivity index (χ2v) is 6.01. The molecule has 1 aliphatic rings. The van der Waals surface area contributed by atoms with Crippen LogP contribution in [-0.4, -0.2) is 25.2 Å². The van der Waals surface area contributed by atoms with E-state index in [0.717, 1.165) is 0 Å². The van der Waals surface area contributed by atoms with Gasteiger partial charge in [0.05, 0.1) is 30.3 Å². The van der Waals surface area contributed by atoms with Crippen LogP contribution in [0.5, 0.6) is 0 Å². The van der Waals surface area contributed by atoms with Gasteiger partial charge >= 0.3 is 11.9 Å². The van der Waals surface area contributed by atoms with E-state index in [-0.39, 0.29) is 35.5 Å². The fourth-order valence-corrected chi connectivity index (χ4v) is 3.24. The molecule has 0 saturated carbocycles. The zero-order chi connectivity index (χ0) is 20.1. The number of dihydropyridines is 1. The third-order valence-corrected chi connectivity index (χ3v) is 4.29. The van der Waals surface area contributed by atoms with E-state index in [2.05, 4.69) is 5.32 Å². The van der Waals surface area contributed by atoms with Crippen LogP contribution >= 0.6 is 0 Å². The molecule has 146 valence electrons. The largest absolute Gasteiger partial charge is 0.463 e. The maximum Gasteiger partial charge on any atom is 0.336 e. The van der Waals surface area contributed by atoms with Crippen molar-refractivity contribution in [2.75, 3.05) is 13.2 Å². The van der Waals surface area contributed by atoms with E-state index in [1.54, 1.807) is 33.8 Å². The molecule has 1 N–H and O–H groups in total. The predicted octanol–water partition coefficient (Wildman–Crippen LogP) is 3.99. The molecule has 0 atom stereocenters. The first-order valence-corrected chi connectivity index (χ1v) is 8.73. The smallest absolute Gasteiger partial charge is 0.336 e. The Labute approximate surface area is 157 Å². The van der Waals surface area contributed by atoms with Gasteiger partial charge < -0.3 is 14.8 Å². The summed E-state index contributed by atoms with van der Waals surface area (Å²) >= 11 is 0. The molecule has 2 rings (SSSR count). The summed E-state index contributed by atoms with van der Waals surface area (Å²) in [6, 6.07) is 5.88. The van der Waals surface area contributed by atoms with Gasteiger partial charge in [-0.1, -0.05) is 24.3 Å². The van der Waals surface area contributed by atoms with E-state index < -0.39 is 24.3 Å². The van der Waals surface area contributed by atoms with Crippen LogP contribution in [0.1, 0.15) is 51.2 Å². The molecule has 1 aliphatic heterocycles. The van der Waals surface area contributed by atoms with Crippen molar-refractivity contribution in [3.8, 4) is 0 Å². The van der Waals surface area contributed by atoms with E-state index >= 15 is 0 Å². The van der Waals surface area contributed by atoms with Crippen LogP contribution in [0.15, 0.2) is 46.8 Å². The molecule has 0 fully saturated rings. The van der Waals surface area contributed by atoms with Crippen molar-refractivity contribution in [1.82, 2.24) is 5.32 Å². The van der Waals surface area contributed by atoms with Crippen molar-refractivity contribution in [3.63, 3.8) is 0 Å². The number of esters is 2. The molecule has 1 heterocycles. The van der Waals surface area contributed by atoms with Gasteiger partial charge in [-0.05, 0) is 33.3 Å². The Kier molecular flexibility index (Phi) is 6.71. The van der Waals surface area contributed by atoms with Crippen molar-refractivity contribution in [2.24, 2.45) is 0 Å². The number of allylic oxidation sites excluding steroid dienone is 2. The Morgan fingerprint density at radius 3 is 1.93 bits per heavy atom. The predicted molar refractivity (Wildman–Crippen MR) is 95.9 cm³/mol. The monoisotopic (exact) mass is 379 g/mol. The van der Waals surface area contributed by atoms with Crippen molar-refractivity contribution in [2.45, 2.75) is 40.0 Å². The first-order valence-electron chi connectivity index (χ1n) is 8.73. The highest BCUT2D eigenvalue weighted by molar-refractivity contribution is 6.00. The Morgan fingerprint density at radius 2 is 1.48 bits per heavy atom. The zero-order valence-corrected chi connectivity index (χ0v) is 15.8. The van der Waals surface area contributed by atoms with Crippen molar-refractivity contribution < 1.29 is 27.8 Å². The van der Waals surface area contributed by atoms with E-state index in [4.69, 9.17) is 9.47 Å². The van der Waals surface area contributed by atoms with Gasteiger partial charge in [0.2, 0.25) is 0 Å². The molecule has 7 heteroatoms. The number of carbonyl (C=O) groups excluding carboxylic acids is 2. The van der Waals surface area contributed by atoms with Gasteiger partial charge in [-0.25, -0.2) is 18.4 Å². The Bertz CT molecular complexity index is 759.